The quantitative estimate of drug-likeness (QED) is 0.774. The van der Waals surface area contributed by atoms with Gasteiger partial charge in [-0.1, -0.05) is 53.7 Å². The van der Waals surface area contributed by atoms with E-state index in [2.05, 4.69) is 52.2 Å². The lowest BCUT2D eigenvalue weighted by Crippen LogP contribution is -2.35. The second-order valence-electron chi connectivity index (χ2n) is 7.45. The highest BCUT2D eigenvalue weighted by molar-refractivity contribution is 7.68. The molecule has 1 aromatic carbocycles. The van der Waals surface area contributed by atoms with Crippen molar-refractivity contribution in [3.8, 4) is 11.4 Å². The number of nitrogens with zero attached hydrogens (tertiary/aromatic N) is 2. The smallest absolute Gasteiger partial charge is 0.142 e. The van der Waals surface area contributed by atoms with Crippen molar-refractivity contribution in [1.82, 2.24) is 9.55 Å². The Hall–Kier alpha value is -1.34. The topological polar surface area (TPSA) is 27.1 Å². The van der Waals surface area contributed by atoms with Crippen LogP contribution in [0.15, 0.2) is 36.7 Å². The van der Waals surface area contributed by atoms with Crippen LogP contribution >= 0.6 is 7.92 Å². The summed E-state index contributed by atoms with van der Waals surface area (Å²) in [5.74, 6) is 0.875. The number of hydrogen-bond acceptors (Lipinski definition) is 2. The summed E-state index contributed by atoms with van der Waals surface area (Å²) in [6.07, 6.45) is 3.94. The van der Waals surface area contributed by atoms with Crippen molar-refractivity contribution in [2.75, 3.05) is 7.11 Å². The lowest BCUT2D eigenvalue weighted by molar-refractivity contribution is 0.413. The van der Waals surface area contributed by atoms with Gasteiger partial charge >= 0.3 is 0 Å². The third-order valence-electron chi connectivity index (χ3n) is 3.51. The lowest BCUT2D eigenvalue weighted by Gasteiger charge is -2.40. The fourth-order valence-corrected chi connectivity index (χ4v) is 6.87. The Kier molecular flexibility index (Phi) is 4.67. The molecule has 0 saturated carbocycles. The van der Waals surface area contributed by atoms with Crippen LogP contribution in [0, 0.1) is 0 Å². The van der Waals surface area contributed by atoms with E-state index in [1.807, 2.05) is 30.6 Å². The summed E-state index contributed by atoms with van der Waals surface area (Å²) in [6, 6.07) is 8.12. The highest BCUT2D eigenvalue weighted by atomic mass is 31.1. The minimum atomic E-state index is -0.466. The first-order valence-electron chi connectivity index (χ1n) is 7.63. The van der Waals surface area contributed by atoms with E-state index < -0.39 is 7.92 Å². The fourth-order valence-electron chi connectivity index (χ4n) is 3.08. The molecular weight excluding hydrogens is 291 g/mol. The van der Waals surface area contributed by atoms with E-state index in [-0.39, 0.29) is 10.3 Å². The number of benzene rings is 1. The lowest BCUT2D eigenvalue weighted by atomic mass is 10.2. The average molecular weight is 318 g/mol. The summed E-state index contributed by atoms with van der Waals surface area (Å²) in [5, 5.41) is 0.359. The summed E-state index contributed by atoms with van der Waals surface area (Å²) in [4.78, 5) is 4.74. The Morgan fingerprint density at radius 1 is 1.00 bits per heavy atom. The normalized spacial score (nSPS) is 12.7. The average Bonchev–Trinajstić information content (AvgIpc) is 2.83. The van der Waals surface area contributed by atoms with Crippen LogP contribution < -0.4 is 10.3 Å². The number of hydrogen-bond donors (Lipinski definition) is 0. The third kappa shape index (κ3) is 3.35. The number of imidazole rings is 1. The molecule has 0 unspecified atom stereocenters. The van der Waals surface area contributed by atoms with Gasteiger partial charge < -0.3 is 4.74 Å². The van der Waals surface area contributed by atoms with Gasteiger partial charge in [0.1, 0.15) is 11.3 Å². The molecule has 0 aliphatic heterocycles. The molecule has 0 fully saturated rings. The SMILES string of the molecule is COc1ccccc1-n1ccnc1P(C(C)(C)C)C(C)(C)C. The summed E-state index contributed by atoms with van der Waals surface area (Å²) in [5.41, 5.74) is 2.21. The van der Waals surface area contributed by atoms with Crippen molar-refractivity contribution in [3.05, 3.63) is 36.7 Å². The standard InChI is InChI=1S/C18H27N2OP/c1-17(2,3)22(18(4,5)6)16-19-12-13-20(16)14-10-8-9-11-15(14)21-7/h8-13H,1-7H3. The molecule has 1 aromatic heterocycles. The van der Waals surface area contributed by atoms with E-state index in [9.17, 15) is 0 Å². The molecule has 0 aliphatic carbocycles. The van der Waals surface area contributed by atoms with E-state index in [1.165, 1.54) is 0 Å². The van der Waals surface area contributed by atoms with E-state index in [0.717, 1.165) is 17.0 Å². The summed E-state index contributed by atoms with van der Waals surface area (Å²) < 4.78 is 7.73. The Labute approximate surface area is 135 Å². The van der Waals surface area contributed by atoms with E-state index in [1.54, 1.807) is 7.11 Å². The molecule has 1 heterocycles. The molecule has 2 aromatic rings. The van der Waals surface area contributed by atoms with Crippen molar-refractivity contribution in [2.24, 2.45) is 0 Å². The zero-order valence-corrected chi connectivity index (χ0v) is 15.6. The molecule has 22 heavy (non-hydrogen) atoms. The Bertz CT molecular complexity index is 621. The third-order valence-corrected chi connectivity index (χ3v) is 6.92. The van der Waals surface area contributed by atoms with Gasteiger partial charge in [0, 0.05) is 12.4 Å². The van der Waals surface area contributed by atoms with Gasteiger partial charge in [0.05, 0.1) is 12.8 Å². The first-order chi connectivity index (χ1) is 10.2. The molecule has 0 atom stereocenters. The van der Waals surface area contributed by atoms with Gasteiger partial charge in [0.2, 0.25) is 0 Å². The Balaban J connectivity index is 2.62. The molecule has 0 aliphatic rings. The number of rotatable bonds is 3. The molecule has 0 amide bonds. The van der Waals surface area contributed by atoms with Crippen LogP contribution in [0.1, 0.15) is 41.5 Å². The summed E-state index contributed by atoms with van der Waals surface area (Å²) in [7, 11) is 1.25. The van der Waals surface area contributed by atoms with Gasteiger partial charge in [-0.3, -0.25) is 4.57 Å². The molecule has 0 spiro atoms. The van der Waals surface area contributed by atoms with Crippen LogP contribution in [0.25, 0.3) is 5.69 Å². The number of methoxy groups -OCH3 is 1. The van der Waals surface area contributed by atoms with Gasteiger partial charge in [-0.25, -0.2) is 4.98 Å². The minimum absolute atomic E-state index is 0.179. The molecule has 2 rings (SSSR count). The van der Waals surface area contributed by atoms with Crippen molar-refractivity contribution in [3.63, 3.8) is 0 Å². The van der Waals surface area contributed by atoms with Crippen LogP contribution in [0.3, 0.4) is 0 Å². The monoisotopic (exact) mass is 318 g/mol. The number of aromatic nitrogens is 2. The maximum atomic E-state index is 5.53. The van der Waals surface area contributed by atoms with Crippen LogP contribution in [0.5, 0.6) is 5.75 Å². The van der Waals surface area contributed by atoms with Crippen molar-refractivity contribution in [1.29, 1.82) is 0 Å². The molecule has 0 saturated heterocycles. The number of ether oxygens (including phenoxy) is 1. The van der Waals surface area contributed by atoms with E-state index >= 15 is 0 Å². The largest absolute Gasteiger partial charge is 0.495 e. The van der Waals surface area contributed by atoms with Gasteiger partial charge in [-0.05, 0) is 30.4 Å². The molecule has 0 radical (unpaired) electrons. The van der Waals surface area contributed by atoms with Crippen molar-refractivity contribution >= 4 is 13.5 Å². The second kappa shape index (κ2) is 6.04. The summed E-state index contributed by atoms with van der Waals surface area (Å²) >= 11 is 0. The highest BCUT2D eigenvalue weighted by Crippen LogP contribution is 2.58. The van der Waals surface area contributed by atoms with Gasteiger partial charge in [-0.2, -0.15) is 0 Å². The first kappa shape index (κ1) is 17.0. The molecule has 0 N–H and O–H groups in total. The predicted octanol–water partition coefficient (Wildman–Crippen LogP) is 4.59. The highest BCUT2D eigenvalue weighted by Gasteiger charge is 2.38. The minimum Gasteiger partial charge on any atom is -0.495 e. The van der Waals surface area contributed by atoms with Crippen LogP contribution in [0.4, 0.5) is 0 Å². The van der Waals surface area contributed by atoms with Gasteiger partial charge in [0.15, 0.2) is 0 Å². The van der Waals surface area contributed by atoms with Gasteiger partial charge in [-0.15, -0.1) is 0 Å². The summed E-state index contributed by atoms with van der Waals surface area (Å²) in [6.45, 7) is 13.9. The molecule has 3 nitrogen and oxygen atoms in total. The molecule has 4 heteroatoms. The van der Waals surface area contributed by atoms with Crippen molar-refractivity contribution in [2.45, 2.75) is 51.9 Å². The van der Waals surface area contributed by atoms with Crippen LogP contribution in [-0.4, -0.2) is 27.0 Å². The zero-order chi connectivity index (χ0) is 16.5. The zero-order valence-electron chi connectivity index (χ0n) is 14.7. The fraction of sp³-hybridized carbons (Fsp3) is 0.500. The maximum absolute atomic E-state index is 5.53. The number of para-hydroxylation sites is 2. The van der Waals surface area contributed by atoms with E-state index in [0.29, 0.717) is 0 Å². The molecule has 120 valence electrons. The van der Waals surface area contributed by atoms with Gasteiger partial charge in [0.25, 0.3) is 0 Å². The van der Waals surface area contributed by atoms with Crippen LogP contribution in [-0.2, 0) is 0 Å². The maximum Gasteiger partial charge on any atom is 0.142 e. The van der Waals surface area contributed by atoms with Crippen molar-refractivity contribution < 1.29 is 4.74 Å². The van der Waals surface area contributed by atoms with E-state index in [4.69, 9.17) is 9.72 Å². The molecular formula is C18H27N2OP. The molecule has 0 bridgehead atoms. The second-order valence-corrected chi connectivity index (χ2v) is 11.2. The first-order valence-corrected chi connectivity index (χ1v) is 8.97. The predicted molar refractivity (Wildman–Crippen MR) is 96.2 cm³/mol. The Morgan fingerprint density at radius 3 is 2.14 bits per heavy atom. The Morgan fingerprint density at radius 2 is 1.59 bits per heavy atom. The van der Waals surface area contributed by atoms with Crippen LogP contribution in [0.2, 0.25) is 0 Å².